The molecule has 3 N–H and O–H groups in total. The minimum atomic E-state index is -2.49. The number of carboxylic acid groups (broad SMARTS) is 1. The number of nitrogens with zero attached hydrogens (tertiary/aromatic N) is 2. The Morgan fingerprint density at radius 2 is 1.43 bits per heavy atom. The van der Waals surface area contributed by atoms with Gasteiger partial charge in [0.15, 0.2) is 5.82 Å². The van der Waals surface area contributed by atoms with E-state index >= 15 is 0 Å². The summed E-state index contributed by atoms with van der Waals surface area (Å²) < 4.78 is 30.0. The smallest absolute Gasteiger partial charge is 0.357 e. The van der Waals surface area contributed by atoms with E-state index in [9.17, 15) is 18.9 Å². The molecule has 11 heteroatoms. The first-order valence-electron chi connectivity index (χ1n) is 14.4. The van der Waals surface area contributed by atoms with Gasteiger partial charge < -0.3 is 19.3 Å². The van der Waals surface area contributed by atoms with Crippen molar-refractivity contribution in [1.82, 2.24) is 15.3 Å². The highest BCUT2D eigenvalue weighted by Crippen LogP contribution is 2.24. The fourth-order valence-electron chi connectivity index (χ4n) is 4.48. The van der Waals surface area contributed by atoms with Gasteiger partial charge in [0.1, 0.15) is 17.5 Å². The number of benzene rings is 3. The predicted octanol–water partition coefficient (Wildman–Crippen LogP) is 6.10. The Balaban J connectivity index is 1.31. The summed E-state index contributed by atoms with van der Waals surface area (Å²) in [6.45, 7) is 2.92. The Kier molecular flexibility index (Phi) is 12.0. The van der Waals surface area contributed by atoms with E-state index in [4.69, 9.17) is 9.29 Å². The summed E-state index contributed by atoms with van der Waals surface area (Å²) in [5.74, 6) is -0.310. The van der Waals surface area contributed by atoms with Gasteiger partial charge in [-0.2, -0.15) is 4.21 Å². The monoisotopic (exact) mass is 617 g/mol. The second-order valence-electron chi connectivity index (χ2n) is 10.2. The normalized spacial score (nSPS) is 12.2. The summed E-state index contributed by atoms with van der Waals surface area (Å²) in [5, 5.41) is 12.2. The molecule has 1 heterocycles. The Labute approximate surface area is 259 Å². The van der Waals surface area contributed by atoms with Gasteiger partial charge in [-0.05, 0) is 53.9 Å². The van der Waals surface area contributed by atoms with Gasteiger partial charge in [0.25, 0.3) is 5.91 Å². The third kappa shape index (κ3) is 9.72. The number of hydrogen-bond acceptors (Lipinski definition) is 7. The highest BCUT2D eigenvalue weighted by molar-refractivity contribution is 7.74. The number of amides is 1. The number of aliphatic carboxylic acids is 1. The van der Waals surface area contributed by atoms with Crippen LogP contribution in [0.5, 0.6) is 11.5 Å². The molecule has 0 radical (unpaired) electrons. The molecule has 4 aromatic rings. The molecule has 1 aromatic heterocycles. The highest BCUT2D eigenvalue weighted by Gasteiger charge is 2.21. The molecule has 0 aliphatic carbocycles. The van der Waals surface area contributed by atoms with Gasteiger partial charge in [0, 0.05) is 35.5 Å². The molecule has 230 valence electrons. The maximum atomic E-state index is 12.6. The number of unbranched alkanes of at least 4 members (excludes halogenated alkanes) is 4. The maximum absolute atomic E-state index is 12.6. The van der Waals surface area contributed by atoms with Crippen molar-refractivity contribution < 1.29 is 32.4 Å². The summed E-state index contributed by atoms with van der Waals surface area (Å²) in [5.41, 5.74) is 3.51. The van der Waals surface area contributed by atoms with Crippen molar-refractivity contribution in [1.29, 1.82) is 0 Å². The average molecular weight is 618 g/mol. The fraction of sp³-hybridized carbons (Fsp3) is 0.273. The number of hydrogen-bond donors (Lipinski definition) is 3. The van der Waals surface area contributed by atoms with Crippen molar-refractivity contribution in [2.75, 3.05) is 6.61 Å². The Bertz CT molecular complexity index is 1530. The molecule has 1 amide bonds. The molecule has 10 nitrogen and oxygen atoms in total. The molecule has 0 aliphatic rings. The van der Waals surface area contributed by atoms with E-state index in [1.54, 1.807) is 24.5 Å². The van der Waals surface area contributed by atoms with E-state index < -0.39 is 29.3 Å². The first-order chi connectivity index (χ1) is 21.3. The molecule has 3 aromatic carbocycles. The zero-order valence-electron chi connectivity index (χ0n) is 24.3. The molecule has 4 rings (SSSR count). The van der Waals surface area contributed by atoms with Crippen molar-refractivity contribution in [3.8, 4) is 34.0 Å². The van der Waals surface area contributed by atoms with Crippen LogP contribution in [-0.4, -0.2) is 48.4 Å². The van der Waals surface area contributed by atoms with Crippen molar-refractivity contribution in [3.63, 3.8) is 0 Å². The zero-order chi connectivity index (χ0) is 31.3. The number of ether oxygens (including phenoxy) is 1. The van der Waals surface area contributed by atoms with Crippen LogP contribution in [0.2, 0.25) is 0 Å². The third-order valence-corrected chi connectivity index (χ3v) is 7.23. The molecule has 0 saturated heterocycles. The van der Waals surface area contributed by atoms with Crippen LogP contribution in [-0.2, 0) is 22.6 Å². The van der Waals surface area contributed by atoms with Crippen LogP contribution >= 0.6 is 0 Å². The van der Waals surface area contributed by atoms with E-state index in [0.717, 1.165) is 28.9 Å². The van der Waals surface area contributed by atoms with Crippen molar-refractivity contribution in [2.45, 2.75) is 51.5 Å². The van der Waals surface area contributed by atoms with Crippen molar-refractivity contribution in [2.24, 2.45) is 0 Å². The van der Waals surface area contributed by atoms with Crippen LogP contribution in [0.15, 0.2) is 85.2 Å². The van der Waals surface area contributed by atoms with E-state index in [2.05, 4.69) is 26.4 Å². The first-order valence-corrected chi connectivity index (χ1v) is 15.4. The summed E-state index contributed by atoms with van der Waals surface area (Å²) >= 11 is -2.49. The van der Waals surface area contributed by atoms with Crippen LogP contribution in [0.1, 0.15) is 54.9 Å². The molecule has 0 fully saturated rings. The minimum Gasteiger partial charge on any atom is -0.494 e. The maximum Gasteiger partial charge on any atom is 0.357 e. The lowest BCUT2D eigenvalue weighted by molar-refractivity contribution is -0.139. The minimum absolute atomic E-state index is 0.0599. The van der Waals surface area contributed by atoms with Crippen LogP contribution in [0.4, 0.5) is 0 Å². The summed E-state index contributed by atoms with van der Waals surface area (Å²) in [4.78, 5) is 33.5. The molecule has 0 saturated carbocycles. The fourth-order valence-corrected chi connectivity index (χ4v) is 4.75. The van der Waals surface area contributed by atoms with E-state index in [0.29, 0.717) is 18.0 Å². The predicted molar refractivity (Wildman–Crippen MR) is 168 cm³/mol. The second kappa shape index (κ2) is 16.3. The molecule has 0 bridgehead atoms. The van der Waals surface area contributed by atoms with E-state index in [1.807, 2.05) is 36.4 Å². The third-order valence-electron chi connectivity index (χ3n) is 6.90. The van der Waals surface area contributed by atoms with Gasteiger partial charge in [-0.1, -0.05) is 69.0 Å². The van der Waals surface area contributed by atoms with E-state index in [1.165, 1.54) is 49.9 Å². The van der Waals surface area contributed by atoms with Crippen LogP contribution in [0.25, 0.3) is 22.5 Å². The van der Waals surface area contributed by atoms with Crippen LogP contribution in [0, 0.1) is 0 Å². The van der Waals surface area contributed by atoms with Gasteiger partial charge >= 0.3 is 17.3 Å². The summed E-state index contributed by atoms with van der Waals surface area (Å²) in [6.07, 6.45) is 9.57. The second-order valence-corrected chi connectivity index (χ2v) is 10.8. The van der Waals surface area contributed by atoms with E-state index in [-0.39, 0.29) is 17.7 Å². The van der Waals surface area contributed by atoms with Gasteiger partial charge in [-0.3, -0.25) is 9.35 Å². The molecular weight excluding hydrogens is 582 g/mol. The van der Waals surface area contributed by atoms with Gasteiger partial charge in [-0.25, -0.2) is 14.8 Å². The first kappa shape index (κ1) is 32.3. The standard InChI is InChI=1S/C33H35N3O7S/c1-2-3-4-5-6-19-42-28-15-11-24(12-16-28)27-21-34-31(35-22-27)25-9-7-23(8-10-25)20-30(33(38)39)36-32(37)26-13-17-29(18-14-26)43-44(40)41/h7-18,21-22,30H,2-6,19-20H2,1H3,(H,36,37)(H,38,39)(H,40,41)/t30-/m0/s1. The van der Waals surface area contributed by atoms with Crippen LogP contribution in [0.3, 0.4) is 0 Å². The summed E-state index contributed by atoms with van der Waals surface area (Å²) in [7, 11) is 0. The molecule has 0 spiro atoms. The number of rotatable bonds is 16. The summed E-state index contributed by atoms with van der Waals surface area (Å²) in [6, 6.07) is 19.3. The van der Waals surface area contributed by atoms with Gasteiger partial charge in [-0.15, -0.1) is 0 Å². The van der Waals surface area contributed by atoms with Crippen molar-refractivity contribution >= 4 is 23.2 Å². The lowest BCUT2D eigenvalue weighted by Gasteiger charge is -2.15. The van der Waals surface area contributed by atoms with Gasteiger partial charge in [0.05, 0.1) is 6.61 Å². The lowest BCUT2D eigenvalue weighted by atomic mass is 10.0. The number of carbonyl (C=O) groups is 2. The topological polar surface area (TPSA) is 148 Å². The molecular formula is C33H35N3O7S. The SMILES string of the molecule is CCCCCCCOc1ccc(-c2cnc(-c3ccc(C[C@H](NC(=O)c4ccc(OS(=O)O)cc4)C(=O)O)cc3)nc2)cc1. The number of carbonyl (C=O) groups excluding carboxylic acids is 1. The number of nitrogens with one attached hydrogen (secondary N) is 1. The highest BCUT2D eigenvalue weighted by atomic mass is 32.2. The molecule has 2 atom stereocenters. The molecule has 44 heavy (non-hydrogen) atoms. The zero-order valence-corrected chi connectivity index (χ0v) is 25.2. The Morgan fingerprint density at radius 3 is 2.05 bits per heavy atom. The van der Waals surface area contributed by atoms with Gasteiger partial charge in [0.2, 0.25) is 0 Å². The quantitative estimate of drug-likeness (QED) is 0.100. The lowest BCUT2D eigenvalue weighted by Crippen LogP contribution is -2.42. The number of carboxylic acids is 1. The Morgan fingerprint density at radius 1 is 0.818 bits per heavy atom. The largest absolute Gasteiger partial charge is 0.494 e. The molecule has 0 aliphatic heterocycles. The number of aromatic nitrogens is 2. The van der Waals surface area contributed by atoms with Crippen molar-refractivity contribution in [3.05, 3.63) is 96.3 Å². The Hall–Kier alpha value is -4.61. The van der Waals surface area contributed by atoms with Crippen LogP contribution < -0.4 is 14.2 Å². The molecule has 1 unspecified atom stereocenters. The average Bonchev–Trinajstić information content (AvgIpc) is 3.03.